The summed E-state index contributed by atoms with van der Waals surface area (Å²) in [5.41, 5.74) is 12.8. The molecule has 3 nitrogen and oxygen atoms in total. The summed E-state index contributed by atoms with van der Waals surface area (Å²) in [7, 11) is 0. The third-order valence-electron chi connectivity index (χ3n) is 9.93. The minimum Gasteiger partial charge on any atom is 0 e. The Bertz CT molecular complexity index is 2850. The average molecular weight is 967 g/mol. The van der Waals surface area contributed by atoms with Crippen LogP contribution in [-0.2, 0) is 20.1 Å². The molecule has 0 atom stereocenters. The van der Waals surface area contributed by atoms with Gasteiger partial charge in [0.1, 0.15) is 5.58 Å². The van der Waals surface area contributed by atoms with E-state index >= 15 is 0 Å². The Kier molecular flexibility index (Phi) is 10.5. The summed E-state index contributed by atoms with van der Waals surface area (Å²) in [6.07, 6.45) is 3.91. The third kappa shape index (κ3) is 8.24. The molecule has 0 aliphatic carbocycles. The number of nitrogens with zero attached hydrogens (tertiary/aromatic N) is 2. The first-order chi connectivity index (χ1) is 27.9. The second kappa shape index (κ2) is 16.8. The number of aromatic nitrogens is 2. The summed E-state index contributed by atoms with van der Waals surface area (Å²) in [6, 6.07) is 57.0. The van der Waals surface area contributed by atoms with Gasteiger partial charge in [-0.2, -0.15) is 0 Å². The summed E-state index contributed by atoms with van der Waals surface area (Å²) in [4.78, 5) is 9.40. The molecule has 0 saturated heterocycles. The van der Waals surface area contributed by atoms with E-state index in [0.717, 1.165) is 61.1 Å². The average Bonchev–Trinajstić information content (AvgIpc) is 3.62. The number of rotatable bonds is 6. The molecule has 56 heavy (non-hydrogen) atoms. The zero-order chi connectivity index (χ0) is 40.4. The molecule has 0 bridgehead atoms. The van der Waals surface area contributed by atoms with Crippen molar-refractivity contribution in [2.24, 2.45) is 0 Å². The second-order valence-electron chi connectivity index (χ2n) is 14.7. The van der Waals surface area contributed by atoms with Gasteiger partial charge in [-0.25, -0.2) is 0 Å². The van der Waals surface area contributed by atoms with Gasteiger partial charge in [-0.05, 0) is 40.9 Å². The van der Waals surface area contributed by atoms with Crippen molar-refractivity contribution in [2.75, 3.05) is 0 Å². The summed E-state index contributed by atoms with van der Waals surface area (Å²) in [5.74, 6) is 7.00. The zero-order valence-electron chi connectivity index (χ0n) is 34.7. The quantitative estimate of drug-likeness (QED) is 0.123. The van der Waals surface area contributed by atoms with Gasteiger partial charge in [0.05, 0.1) is 5.58 Å². The number of benzene rings is 6. The minimum absolute atomic E-state index is 0. The number of furan rings is 1. The summed E-state index contributed by atoms with van der Waals surface area (Å²) >= 11 is -1.91. The van der Waals surface area contributed by atoms with E-state index in [1.165, 1.54) is 21.1 Å². The third-order valence-corrected chi connectivity index (χ3v) is 14.2. The predicted molar refractivity (Wildman–Crippen MR) is 233 cm³/mol. The molecule has 0 N–H and O–H groups in total. The van der Waals surface area contributed by atoms with Crippen LogP contribution in [0.1, 0.15) is 15.2 Å². The van der Waals surface area contributed by atoms with Crippen molar-refractivity contribution >= 4 is 39.6 Å². The number of fused-ring (bicyclic) bond motifs is 3. The predicted octanol–water partition coefficient (Wildman–Crippen LogP) is 13.2. The number of hydrogen-bond donors (Lipinski definition) is 0. The maximum Gasteiger partial charge on any atom is 0 e. The normalized spacial score (nSPS) is 12.2. The number of hydrogen-bond acceptors (Lipinski definition) is 3. The molecule has 0 fully saturated rings. The number of pyridine rings is 2. The van der Waals surface area contributed by atoms with Crippen molar-refractivity contribution in [3.63, 3.8) is 0 Å². The maximum atomic E-state index is 7.84. The van der Waals surface area contributed by atoms with Gasteiger partial charge in [0.25, 0.3) is 0 Å². The Morgan fingerprint density at radius 2 is 1.25 bits per heavy atom. The molecular formula is C51H42GeIrN2O-2. The molecule has 3 heterocycles. The van der Waals surface area contributed by atoms with Crippen molar-refractivity contribution in [3.8, 4) is 55.9 Å². The zero-order valence-corrected chi connectivity index (χ0v) is 36.2. The molecule has 0 aliphatic rings. The van der Waals surface area contributed by atoms with E-state index < -0.39 is 20.1 Å². The van der Waals surface area contributed by atoms with Crippen LogP contribution in [0.3, 0.4) is 0 Å². The van der Waals surface area contributed by atoms with Crippen LogP contribution in [0, 0.1) is 25.9 Å². The van der Waals surface area contributed by atoms with Crippen LogP contribution in [0.25, 0.3) is 77.8 Å². The Hall–Kier alpha value is -5.39. The Morgan fingerprint density at radius 3 is 1.88 bits per heavy atom. The summed E-state index contributed by atoms with van der Waals surface area (Å²) in [6.45, 7) is -0.0598. The largest absolute Gasteiger partial charge is 0 e. The van der Waals surface area contributed by atoms with Crippen molar-refractivity contribution in [3.05, 3.63) is 187 Å². The monoisotopic (exact) mass is 968 g/mol. The molecule has 5 heteroatoms. The van der Waals surface area contributed by atoms with E-state index in [0.29, 0.717) is 11.1 Å². The Labute approximate surface area is 350 Å². The van der Waals surface area contributed by atoms with Crippen molar-refractivity contribution < 1.29 is 28.6 Å². The number of aryl methyl sites for hydroxylation is 2. The molecule has 9 aromatic rings. The molecule has 0 aliphatic heterocycles. The van der Waals surface area contributed by atoms with Gasteiger partial charge >= 0.3 is 146 Å². The Balaban J connectivity index is 0.000000180. The van der Waals surface area contributed by atoms with Crippen LogP contribution < -0.4 is 4.40 Å². The van der Waals surface area contributed by atoms with E-state index in [9.17, 15) is 0 Å². The standard InChI is InChI=1S/C30H20NO.C21H22GeN.Ir/c1-20-17-28(31-19-27(20)22-11-6-3-7-12-22)26-14-8-13-25-24-16-15-23(18-29(24)32-30(25)26)21-9-4-2-5-10-21;1-16-10-11-18(14-20(16)17-8-6-5-7-9-17)21-13-12-19(15-23-21)22(2,3)4;/h2-13,15-19H,1H3;5-10,12-15H,1-4H3;/q2*-1;/i;1D3;. The van der Waals surface area contributed by atoms with Crippen LogP contribution >= 0.6 is 0 Å². The first-order valence-corrected chi connectivity index (χ1v) is 25.8. The van der Waals surface area contributed by atoms with E-state index in [1.54, 1.807) is 6.07 Å². The van der Waals surface area contributed by atoms with E-state index in [4.69, 9.17) is 13.5 Å². The van der Waals surface area contributed by atoms with Crippen LogP contribution in [0.2, 0.25) is 17.3 Å². The van der Waals surface area contributed by atoms with Gasteiger partial charge in [0.2, 0.25) is 0 Å². The minimum atomic E-state index is -2.18. The second-order valence-corrected chi connectivity index (χ2v) is 25.4. The molecule has 0 amide bonds. The fourth-order valence-electron chi connectivity index (χ4n) is 6.85. The van der Waals surface area contributed by atoms with Gasteiger partial charge in [0.15, 0.2) is 0 Å². The first kappa shape index (κ1) is 35.1. The molecule has 0 spiro atoms. The van der Waals surface area contributed by atoms with Crippen LogP contribution in [0.5, 0.6) is 0 Å². The van der Waals surface area contributed by atoms with Gasteiger partial charge in [0, 0.05) is 37.3 Å². The topological polar surface area (TPSA) is 38.9 Å². The smallest absolute Gasteiger partial charge is 0 e. The first-order valence-electron chi connectivity index (χ1n) is 20.0. The fraction of sp³-hybridized carbons (Fsp3) is 0.0980. The Morgan fingerprint density at radius 1 is 0.589 bits per heavy atom. The molecule has 0 unspecified atom stereocenters. The summed E-state index contributed by atoms with van der Waals surface area (Å²) in [5, 5.41) is 2.19. The summed E-state index contributed by atoms with van der Waals surface area (Å²) < 4.78 is 31.2. The van der Waals surface area contributed by atoms with Crippen LogP contribution in [-0.4, -0.2) is 23.2 Å². The molecule has 9 rings (SSSR count). The van der Waals surface area contributed by atoms with Crippen molar-refractivity contribution in [1.29, 1.82) is 0 Å². The molecular weight excluding hydrogens is 921 g/mol. The molecule has 3 aromatic heterocycles. The van der Waals surface area contributed by atoms with Gasteiger partial charge in [-0.15, -0.1) is 18.2 Å². The molecule has 1 radical (unpaired) electrons. The molecule has 277 valence electrons. The SMILES string of the molecule is Cc1cc(-c2[c-]ccc3c2oc2cc(-c4ccccc4)ccc23)ncc1-c1ccccc1.[2H]C([2H])([2H])c1c[c-]c(-c2cc[c]([Ge]([CH3])([CH3])[CH3])cn2)cc1-c1ccccc1.[Ir]. The molecule has 6 aromatic carbocycles. The maximum absolute atomic E-state index is 7.84. The van der Waals surface area contributed by atoms with Crippen molar-refractivity contribution in [1.82, 2.24) is 9.97 Å². The van der Waals surface area contributed by atoms with E-state index in [2.05, 4.69) is 126 Å². The van der Waals surface area contributed by atoms with Crippen LogP contribution in [0.4, 0.5) is 0 Å². The van der Waals surface area contributed by atoms with E-state index in [1.807, 2.05) is 73.1 Å². The van der Waals surface area contributed by atoms with Crippen molar-refractivity contribution in [2.45, 2.75) is 31.0 Å². The van der Waals surface area contributed by atoms with Gasteiger partial charge in [-0.3, -0.25) is 0 Å². The van der Waals surface area contributed by atoms with Gasteiger partial charge < -0.3 is 9.40 Å². The van der Waals surface area contributed by atoms with Gasteiger partial charge in [-0.1, -0.05) is 89.8 Å². The fourth-order valence-corrected chi connectivity index (χ4v) is 9.02. The van der Waals surface area contributed by atoms with E-state index in [-0.39, 0.29) is 20.1 Å². The molecule has 0 saturated carbocycles. The van der Waals surface area contributed by atoms with Crippen LogP contribution in [0.15, 0.2) is 168 Å².